The van der Waals surface area contributed by atoms with Crippen molar-refractivity contribution in [2.24, 2.45) is 5.92 Å². The Balaban J connectivity index is 1.67. The van der Waals surface area contributed by atoms with Crippen molar-refractivity contribution in [3.63, 3.8) is 0 Å². The van der Waals surface area contributed by atoms with Gasteiger partial charge in [0.15, 0.2) is 5.16 Å². The first-order valence-electron chi connectivity index (χ1n) is 10.4. The molecule has 1 unspecified atom stereocenters. The number of benzene rings is 1. The first kappa shape index (κ1) is 22.4. The van der Waals surface area contributed by atoms with Crippen LogP contribution >= 0.6 is 11.8 Å². The van der Waals surface area contributed by atoms with Crippen molar-refractivity contribution in [2.75, 3.05) is 43.1 Å². The maximum Gasteiger partial charge on any atom is 0.237 e. The molecule has 1 saturated heterocycles. The van der Waals surface area contributed by atoms with Crippen LogP contribution in [0.1, 0.15) is 27.7 Å². The van der Waals surface area contributed by atoms with E-state index < -0.39 is 0 Å². The fourth-order valence-electron chi connectivity index (χ4n) is 3.15. The van der Waals surface area contributed by atoms with E-state index in [0.717, 1.165) is 42.2 Å². The molecule has 1 amide bonds. The Kier molecular flexibility index (Phi) is 7.98. The summed E-state index contributed by atoms with van der Waals surface area (Å²) in [4.78, 5) is 14.9. The van der Waals surface area contributed by atoms with Crippen LogP contribution in [0.5, 0.6) is 5.75 Å². The lowest BCUT2D eigenvalue weighted by Gasteiger charge is -2.28. The maximum absolute atomic E-state index is 12.7. The van der Waals surface area contributed by atoms with Crippen LogP contribution in [-0.2, 0) is 16.1 Å². The second kappa shape index (κ2) is 10.7. The van der Waals surface area contributed by atoms with E-state index >= 15 is 0 Å². The standard InChI is InChI=1S/C21H31N5O3S/c1-5-29-18-8-6-17(7-9-18)22-19(27)16(4)30-21-24-23-20(26(21)14-15(2)3)25-10-12-28-13-11-25/h6-9,15-16H,5,10-14H2,1-4H3,(H,22,27). The summed E-state index contributed by atoms with van der Waals surface area (Å²) >= 11 is 1.43. The average molecular weight is 434 g/mol. The number of nitrogens with one attached hydrogen (secondary N) is 1. The minimum atomic E-state index is -0.316. The highest BCUT2D eigenvalue weighted by atomic mass is 32.2. The fraction of sp³-hybridized carbons (Fsp3) is 0.571. The molecule has 1 atom stereocenters. The molecule has 164 valence electrons. The van der Waals surface area contributed by atoms with Gasteiger partial charge in [-0.3, -0.25) is 9.36 Å². The minimum Gasteiger partial charge on any atom is -0.494 e. The summed E-state index contributed by atoms with van der Waals surface area (Å²) in [5.74, 6) is 2.01. The number of carbonyl (C=O) groups excluding carboxylic acids is 1. The molecular formula is C21H31N5O3S. The molecule has 0 spiro atoms. The van der Waals surface area contributed by atoms with Gasteiger partial charge in [-0.2, -0.15) is 0 Å². The van der Waals surface area contributed by atoms with Crippen LogP contribution in [0.25, 0.3) is 0 Å². The lowest BCUT2D eigenvalue weighted by molar-refractivity contribution is -0.115. The molecule has 1 aromatic heterocycles. The largest absolute Gasteiger partial charge is 0.494 e. The molecule has 0 radical (unpaired) electrons. The quantitative estimate of drug-likeness (QED) is 0.608. The van der Waals surface area contributed by atoms with Crippen molar-refractivity contribution in [1.29, 1.82) is 0 Å². The zero-order valence-electron chi connectivity index (χ0n) is 18.1. The van der Waals surface area contributed by atoms with Crippen molar-refractivity contribution in [3.05, 3.63) is 24.3 Å². The van der Waals surface area contributed by atoms with Gasteiger partial charge in [0.2, 0.25) is 11.9 Å². The fourth-order valence-corrected chi connectivity index (χ4v) is 4.00. The molecule has 1 aliphatic rings. The highest BCUT2D eigenvalue weighted by Gasteiger charge is 2.24. The summed E-state index contributed by atoms with van der Waals surface area (Å²) < 4.78 is 13.0. The van der Waals surface area contributed by atoms with Gasteiger partial charge >= 0.3 is 0 Å². The molecule has 30 heavy (non-hydrogen) atoms. The van der Waals surface area contributed by atoms with E-state index in [2.05, 4.69) is 38.8 Å². The van der Waals surface area contributed by atoms with Gasteiger partial charge in [-0.05, 0) is 44.0 Å². The van der Waals surface area contributed by atoms with Gasteiger partial charge < -0.3 is 19.7 Å². The number of thioether (sulfide) groups is 1. The van der Waals surface area contributed by atoms with Crippen LogP contribution in [-0.4, -0.2) is 58.8 Å². The van der Waals surface area contributed by atoms with Crippen molar-refractivity contribution in [1.82, 2.24) is 14.8 Å². The average Bonchev–Trinajstić information content (AvgIpc) is 3.11. The Hall–Kier alpha value is -2.26. The smallest absolute Gasteiger partial charge is 0.237 e. The van der Waals surface area contributed by atoms with Crippen LogP contribution in [0.3, 0.4) is 0 Å². The number of nitrogens with zero attached hydrogens (tertiary/aromatic N) is 4. The zero-order valence-corrected chi connectivity index (χ0v) is 18.9. The summed E-state index contributed by atoms with van der Waals surface area (Å²) in [6, 6.07) is 7.39. The molecule has 9 heteroatoms. The molecule has 2 heterocycles. The van der Waals surface area contributed by atoms with E-state index in [1.807, 2.05) is 38.1 Å². The van der Waals surface area contributed by atoms with Crippen LogP contribution in [0.15, 0.2) is 29.4 Å². The molecule has 1 aromatic carbocycles. The summed E-state index contributed by atoms with van der Waals surface area (Å²) in [5.41, 5.74) is 0.744. The number of anilines is 2. The zero-order chi connectivity index (χ0) is 21.5. The Labute approximate surface area is 182 Å². The van der Waals surface area contributed by atoms with E-state index in [9.17, 15) is 4.79 Å². The maximum atomic E-state index is 12.7. The molecule has 8 nitrogen and oxygen atoms in total. The van der Waals surface area contributed by atoms with Gasteiger partial charge in [-0.1, -0.05) is 25.6 Å². The molecule has 0 bridgehead atoms. The Morgan fingerprint density at radius 2 is 1.90 bits per heavy atom. The minimum absolute atomic E-state index is 0.0730. The highest BCUT2D eigenvalue weighted by Crippen LogP contribution is 2.28. The predicted octanol–water partition coefficient (Wildman–Crippen LogP) is 3.29. The first-order chi connectivity index (χ1) is 14.5. The third kappa shape index (κ3) is 5.89. The van der Waals surface area contributed by atoms with Crippen molar-refractivity contribution in [2.45, 2.75) is 44.6 Å². The third-order valence-electron chi connectivity index (χ3n) is 4.62. The monoisotopic (exact) mass is 433 g/mol. The Bertz CT molecular complexity index is 819. The van der Waals surface area contributed by atoms with Crippen molar-refractivity contribution >= 4 is 29.3 Å². The van der Waals surface area contributed by atoms with Crippen LogP contribution < -0.4 is 15.0 Å². The third-order valence-corrected chi connectivity index (χ3v) is 5.70. The van der Waals surface area contributed by atoms with E-state index in [4.69, 9.17) is 9.47 Å². The van der Waals surface area contributed by atoms with Gasteiger partial charge in [0.05, 0.1) is 25.1 Å². The van der Waals surface area contributed by atoms with E-state index in [0.29, 0.717) is 25.7 Å². The number of hydrogen-bond acceptors (Lipinski definition) is 7. The van der Waals surface area contributed by atoms with Gasteiger partial charge in [0.25, 0.3) is 0 Å². The van der Waals surface area contributed by atoms with Crippen LogP contribution in [0, 0.1) is 5.92 Å². The first-order valence-corrected chi connectivity index (χ1v) is 11.3. The Morgan fingerprint density at radius 3 is 2.53 bits per heavy atom. The highest BCUT2D eigenvalue weighted by molar-refractivity contribution is 8.00. The van der Waals surface area contributed by atoms with Gasteiger partial charge in [0, 0.05) is 25.3 Å². The van der Waals surface area contributed by atoms with Gasteiger partial charge in [0.1, 0.15) is 5.75 Å². The van der Waals surface area contributed by atoms with Crippen molar-refractivity contribution in [3.8, 4) is 5.75 Å². The topological polar surface area (TPSA) is 81.5 Å². The van der Waals surface area contributed by atoms with E-state index in [1.54, 1.807) is 0 Å². The van der Waals surface area contributed by atoms with Gasteiger partial charge in [-0.25, -0.2) is 0 Å². The number of rotatable bonds is 9. The van der Waals surface area contributed by atoms with Crippen LogP contribution in [0.4, 0.5) is 11.6 Å². The number of carbonyl (C=O) groups is 1. The lowest BCUT2D eigenvalue weighted by atomic mass is 10.2. The summed E-state index contributed by atoms with van der Waals surface area (Å²) in [7, 11) is 0. The molecule has 0 saturated carbocycles. The molecule has 2 aromatic rings. The van der Waals surface area contributed by atoms with E-state index in [-0.39, 0.29) is 11.2 Å². The Morgan fingerprint density at radius 1 is 1.20 bits per heavy atom. The number of aromatic nitrogens is 3. The second-order valence-corrected chi connectivity index (χ2v) is 8.90. The van der Waals surface area contributed by atoms with Crippen molar-refractivity contribution < 1.29 is 14.3 Å². The number of amides is 1. The summed E-state index contributed by atoms with van der Waals surface area (Å²) in [5, 5.41) is 12.2. The number of ether oxygens (including phenoxy) is 2. The van der Waals surface area contributed by atoms with Gasteiger partial charge in [-0.15, -0.1) is 10.2 Å². The van der Waals surface area contributed by atoms with Crippen LogP contribution in [0.2, 0.25) is 0 Å². The number of morpholine rings is 1. The number of hydrogen-bond donors (Lipinski definition) is 1. The lowest BCUT2D eigenvalue weighted by Crippen LogP contribution is -2.38. The van der Waals surface area contributed by atoms with E-state index in [1.165, 1.54) is 11.8 Å². The molecular weight excluding hydrogens is 402 g/mol. The molecule has 1 aliphatic heterocycles. The summed E-state index contributed by atoms with van der Waals surface area (Å²) in [6.45, 7) is 12.6. The second-order valence-electron chi connectivity index (χ2n) is 7.59. The predicted molar refractivity (Wildman–Crippen MR) is 119 cm³/mol. The SMILES string of the molecule is CCOc1ccc(NC(=O)C(C)Sc2nnc(N3CCOCC3)n2CC(C)C)cc1. The normalized spacial score (nSPS) is 15.3. The molecule has 1 fully saturated rings. The molecule has 3 rings (SSSR count). The molecule has 1 N–H and O–H groups in total. The molecule has 0 aliphatic carbocycles. The summed E-state index contributed by atoms with van der Waals surface area (Å²) in [6.07, 6.45) is 0.